The van der Waals surface area contributed by atoms with Crippen molar-refractivity contribution < 1.29 is 29.3 Å². The molecule has 0 spiro atoms. The Hall–Kier alpha value is -2.69. The number of hydrogen-bond donors (Lipinski definition) is 6. The topological polar surface area (TPSA) is 166 Å². The second kappa shape index (κ2) is 12.1. The largest absolute Gasteiger partial charge is 0.508 e. The third kappa shape index (κ3) is 7.97. The summed E-state index contributed by atoms with van der Waals surface area (Å²) in [6, 6.07) is 5.41. The Morgan fingerprint density at radius 2 is 1.70 bits per heavy atom. The Morgan fingerprint density at radius 1 is 1.03 bits per heavy atom. The fraction of sp³-hybridized carbons (Fsp3) is 0.550. The molecule has 0 radical (unpaired) electrons. The van der Waals surface area contributed by atoms with E-state index < -0.39 is 30.1 Å². The highest BCUT2D eigenvalue weighted by Crippen LogP contribution is 2.22. The Balaban J connectivity index is 1.83. The van der Waals surface area contributed by atoms with E-state index in [-0.39, 0.29) is 18.1 Å². The standard InChI is InChI=1S/C20H30N4O6/c21-8-3-10-22-9-1-2-11-23-18(26)15(12-13-4-6-14(25)7-5-13)24-19(27)16-17(30-16)20(28)29/h4-7,15-17,22,25H,1-3,8-12,21H2,(H,23,26)(H,24,27)(H,28,29)/t15-,16-,17-/m0/s1. The number of hydrogen-bond acceptors (Lipinski definition) is 7. The number of carboxylic acids is 1. The minimum Gasteiger partial charge on any atom is -0.508 e. The van der Waals surface area contributed by atoms with Crippen molar-refractivity contribution in [3.05, 3.63) is 29.8 Å². The van der Waals surface area contributed by atoms with Gasteiger partial charge < -0.3 is 36.6 Å². The number of unbranched alkanes of at least 4 members (excludes halogenated alkanes) is 1. The number of carboxylic acid groups (broad SMARTS) is 1. The van der Waals surface area contributed by atoms with Crippen LogP contribution in [0.3, 0.4) is 0 Å². The first-order valence-electron chi connectivity index (χ1n) is 10.1. The molecule has 0 unspecified atom stereocenters. The van der Waals surface area contributed by atoms with E-state index in [2.05, 4.69) is 16.0 Å². The maximum Gasteiger partial charge on any atom is 0.336 e. The van der Waals surface area contributed by atoms with Crippen LogP contribution in [0.4, 0.5) is 0 Å². The molecule has 1 aromatic rings. The summed E-state index contributed by atoms with van der Waals surface area (Å²) >= 11 is 0. The van der Waals surface area contributed by atoms with E-state index in [1.165, 1.54) is 12.1 Å². The fourth-order valence-corrected chi connectivity index (χ4v) is 2.89. The molecule has 3 atom stereocenters. The average Bonchev–Trinajstić information content (AvgIpc) is 3.52. The predicted octanol–water partition coefficient (Wildman–Crippen LogP) is -0.894. The van der Waals surface area contributed by atoms with E-state index in [0.29, 0.717) is 13.1 Å². The van der Waals surface area contributed by atoms with Gasteiger partial charge in [-0.2, -0.15) is 0 Å². The summed E-state index contributed by atoms with van der Waals surface area (Å²) in [5.74, 6) is -2.11. The van der Waals surface area contributed by atoms with Crippen LogP contribution < -0.4 is 21.7 Å². The number of ether oxygens (including phenoxy) is 1. The van der Waals surface area contributed by atoms with Gasteiger partial charge in [0.2, 0.25) is 5.91 Å². The zero-order valence-corrected chi connectivity index (χ0v) is 16.8. The van der Waals surface area contributed by atoms with E-state index in [0.717, 1.165) is 37.9 Å². The van der Waals surface area contributed by atoms with Gasteiger partial charge >= 0.3 is 5.97 Å². The summed E-state index contributed by atoms with van der Waals surface area (Å²) in [4.78, 5) is 35.8. The first-order valence-corrected chi connectivity index (χ1v) is 10.1. The van der Waals surface area contributed by atoms with Crippen molar-refractivity contribution in [3.63, 3.8) is 0 Å². The van der Waals surface area contributed by atoms with E-state index >= 15 is 0 Å². The summed E-state index contributed by atoms with van der Waals surface area (Å²) in [6.45, 7) is 2.80. The molecule has 0 aliphatic carbocycles. The molecule has 7 N–H and O–H groups in total. The monoisotopic (exact) mass is 422 g/mol. The maximum absolute atomic E-state index is 12.6. The highest BCUT2D eigenvalue weighted by molar-refractivity contribution is 5.95. The van der Waals surface area contributed by atoms with Crippen LogP contribution in [0.5, 0.6) is 5.75 Å². The summed E-state index contributed by atoms with van der Waals surface area (Å²) in [5.41, 5.74) is 6.17. The number of carbonyl (C=O) groups is 3. The number of amides is 2. The molecule has 10 nitrogen and oxygen atoms in total. The van der Waals surface area contributed by atoms with Crippen LogP contribution in [0.25, 0.3) is 0 Å². The number of phenolic OH excluding ortho intramolecular Hbond substituents is 1. The minimum absolute atomic E-state index is 0.0968. The second-order valence-electron chi connectivity index (χ2n) is 7.14. The summed E-state index contributed by atoms with van der Waals surface area (Å²) in [5, 5.41) is 26.9. The van der Waals surface area contributed by atoms with Crippen molar-refractivity contribution >= 4 is 17.8 Å². The van der Waals surface area contributed by atoms with Crippen LogP contribution in [-0.2, 0) is 25.5 Å². The summed E-state index contributed by atoms with van der Waals surface area (Å²) in [7, 11) is 0. The van der Waals surface area contributed by atoms with Crippen molar-refractivity contribution in [2.75, 3.05) is 26.2 Å². The second-order valence-corrected chi connectivity index (χ2v) is 7.14. The summed E-state index contributed by atoms with van der Waals surface area (Å²) < 4.78 is 4.85. The van der Waals surface area contributed by atoms with Gasteiger partial charge in [0, 0.05) is 13.0 Å². The highest BCUT2D eigenvalue weighted by Gasteiger charge is 2.51. The van der Waals surface area contributed by atoms with Crippen LogP contribution >= 0.6 is 0 Å². The van der Waals surface area contributed by atoms with Crippen LogP contribution in [0.15, 0.2) is 24.3 Å². The molecule has 30 heavy (non-hydrogen) atoms. The molecule has 2 rings (SSSR count). The first kappa shape index (κ1) is 23.6. The molecule has 1 heterocycles. The molecule has 0 saturated carbocycles. The number of rotatable bonds is 14. The smallest absolute Gasteiger partial charge is 0.336 e. The SMILES string of the molecule is NCCCNCCCCNC(=O)[C@H](Cc1ccc(O)cc1)NC(=O)[C@H]1O[C@@H]1C(=O)O. The van der Waals surface area contributed by atoms with Gasteiger partial charge in [-0.15, -0.1) is 0 Å². The summed E-state index contributed by atoms with van der Waals surface area (Å²) in [6.07, 6.45) is 0.516. The van der Waals surface area contributed by atoms with Crippen molar-refractivity contribution in [2.45, 2.75) is 43.9 Å². The molecule has 166 valence electrons. The maximum atomic E-state index is 12.6. The van der Waals surface area contributed by atoms with Crippen molar-refractivity contribution in [1.29, 1.82) is 0 Å². The quantitative estimate of drug-likeness (QED) is 0.166. The average molecular weight is 422 g/mol. The molecule has 1 aromatic carbocycles. The van der Waals surface area contributed by atoms with Crippen LogP contribution in [0.2, 0.25) is 0 Å². The van der Waals surface area contributed by atoms with Gasteiger partial charge in [-0.3, -0.25) is 9.59 Å². The molecular formula is C20H30N4O6. The molecule has 1 aliphatic heterocycles. The van der Waals surface area contributed by atoms with Crippen molar-refractivity contribution in [2.24, 2.45) is 5.73 Å². The number of benzene rings is 1. The molecule has 1 aliphatic rings. The lowest BCUT2D eigenvalue weighted by Gasteiger charge is -2.18. The van der Waals surface area contributed by atoms with Crippen LogP contribution in [0, 0.1) is 0 Å². The van der Waals surface area contributed by atoms with Gasteiger partial charge in [-0.1, -0.05) is 12.1 Å². The molecule has 0 bridgehead atoms. The first-order chi connectivity index (χ1) is 14.4. The lowest BCUT2D eigenvalue weighted by Crippen LogP contribution is -2.49. The molecule has 10 heteroatoms. The van der Waals surface area contributed by atoms with Gasteiger partial charge in [-0.05, 0) is 56.6 Å². The molecular weight excluding hydrogens is 392 g/mol. The zero-order chi connectivity index (χ0) is 21.9. The highest BCUT2D eigenvalue weighted by atomic mass is 16.6. The van der Waals surface area contributed by atoms with Crippen molar-refractivity contribution in [1.82, 2.24) is 16.0 Å². The van der Waals surface area contributed by atoms with E-state index in [4.69, 9.17) is 15.6 Å². The number of nitrogens with two attached hydrogens (primary N) is 1. The predicted molar refractivity (Wildman–Crippen MR) is 109 cm³/mol. The van der Waals surface area contributed by atoms with E-state index in [1.54, 1.807) is 12.1 Å². The van der Waals surface area contributed by atoms with E-state index in [9.17, 15) is 19.5 Å². The number of epoxide rings is 1. The van der Waals surface area contributed by atoms with Crippen molar-refractivity contribution in [3.8, 4) is 5.75 Å². The lowest BCUT2D eigenvalue weighted by atomic mass is 10.0. The van der Waals surface area contributed by atoms with Gasteiger partial charge in [0.1, 0.15) is 11.8 Å². The van der Waals surface area contributed by atoms with Gasteiger partial charge in [0.05, 0.1) is 0 Å². The lowest BCUT2D eigenvalue weighted by molar-refractivity contribution is -0.138. The fourth-order valence-electron chi connectivity index (χ4n) is 2.89. The van der Waals surface area contributed by atoms with Crippen LogP contribution in [0.1, 0.15) is 24.8 Å². The number of carbonyl (C=O) groups excluding carboxylic acids is 2. The van der Waals surface area contributed by atoms with Gasteiger partial charge in [0.15, 0.2) is 12.2 Å². The third-order valence-electron chi connectivity index (χ3n) is 4.64. The Labute approximate surface area is 175 Å². The van der Waals surface area contributed by atoms with Crippen LogP contribution in [-0.4, -0.2) is 72.4 Å². The van der Waals surface area contributed by atoms with Gasteiger partial charge in [0.25, 0.3) is 5.91 Å². The Morgan fingerprint density at radius 3 is 2.33 bits per heavy atom. The molecule has 1 saturated heterocycles. The normalized spacial score (nSPS) is 18.4. The molecule has 2 amide bonds. The van der Waals surface area contributed by atoms with E-state index in [1.807, 2.05) is 0 Å². The molecule has 1 fully saturated rings. The third-order valence-corrected chi connectivity index (χ3v) is 4.64. The Bertz CT molecular complexity index is 712. The number of aliphatic carboxylic acids is 1. The zero-order valence-electron chi connectivity index (χ0n) is 16.8. The van der Waals surface area contributed by atoms with Gasteiger partial charge in [-0.25, -0.2) is 4.79 Å². The molecule has 0 aromatic heterocycles. The Kier molecular flexibility index (Phi) is 9.52. The minimum atomic E-state index is -1.21. The number of nitrogens with one attached hydrogen (secondary N) is 3. The number of aromatic hydroxyl groups is 1. The number of phenols is 1.